The number of pyridine rings is 1. The number of aromatic nitrogens is 1. The molecule has 16 heavy (non-hydrogen) atoms. The van der Waals surface area contributed by atoms with Gasteiger partial charge < -0.3 is 9.84 Å². The van der Waals surface area contributed by atoms with Gasteiger partial charge in [0.2, 0.25) is 0 Å². The Balaban J connectivity index is 3.34. The Morgan fingerprint density at radius 3 is 2.75 bits per heavy atom. The molecule has 0 spiro atoms. The molecule has 0 atom stereocenters. The van der Waals surface area contributed by atoms with Gasteiger partial charge in [0.1, 0.15) is 11.4 Å². The van der Waals surface area contributed by atoms with E-state index in [4.69, 9.17) is 0 Å². The zero-order chi connectivity index (χ0) is 12.3. The van der Waals surface area contributed by atoms with E-state index in [0.717, 1.165) is 13.2 Å². The summed E-state index contributed by atoms with van der Waals surface area (Å²) in [5.74, 6) is -1.46. The zero-order valence-corrected chi connectivity index (χ0v) is 9.79. The standard InChI is InChI=1S/C9H8BrF2NO3/c1-16-9(15)6-4(3-10)2-5(14)7(13-6)8(11)12/h2,8,14H,3H2,1H3. The summed E-state index contributed by atoms with van der Waals surface area (Å²) in [6.07, 6.45) is -2.95. The van der Waals surface area contributed by atoms with E-state index in [1.165, 1.54) is 0 Å². The highest BCUT2D eigenvalue weighted by Crippen LogP contribution is 2.29. The third-order valence-electron chi connectivity index (χ3n) is 1.84. The molecule has 0 saturated carbocycles. The van der Waals surface area contributed by atoms with E-state index in [1.54, 1.807) is 0 Å². The van der Waals surface area contributed by atoms with E-state index in [2.05, 4.69) is 25.7 Å². The minimum absolute atomic E-state index is 0.196. The summed E-state index contributed by atoms with van der Waals surface area (Å²) >= 11 is 3.06. The summed E-state index contributed by atoms with van der Waals surface area (Å²) in [4.78, 5) is 14.7. The maximum Gasteiger partial charge on any atom is 0.356 e. The third kappa shape index (κ3) is 2.46. The predicted octanol–water partition coefficient (Wildman–Crippen LogP) is 2.41. The van der Waals surface area contributed by atoms with E-state index in [-0.39, 0.29) is 16.6 Å². The molecule has 0 amide bonds. The molecule has 88 valence electrons. The van der Waals surface area contributed by atoms with Gasteiger partial charge in [-0.05, 0) is 11.6 Å². The lowest BCUT2D eigenvalue weighted by Crippen LogP contribution is -2.10. The molecule has 0 aliphatic heterocycles. The number of nitrogens with zero attached hydrogens (tertiary/aromatic N) is 1. The first-order chi connectivity index (χ1) is 7.51. The van der Waals surface area contributed by atoms with Gasteiger partial charge in [0.25, 0.3) is 6.43 Å². The Bertz CT molecular complexity index is 412. The average Bonchev–Trinajstić information content (AvgIpc) is 2.27. The van der Waals surface area contributed by atoms with Crippen LogP contribution in [0.15, 0.2) is 6.07 Å². The van der Waals surface area contributed by atoms with Crippen LogP contribution in [0.2, 0.25) is 0 Å². The summed E-state index contributed by atoms with van der Waals surface area (Å²) in [5, 5.41) is 9.45. The fraction of sp³-hybridized carbons (Fsp3) is 0.333. The molecule has 0 aliphatic carbocycles. The van der Waals surface area contributed by atoms with Crippen molar-refractivity contribution in [1.82, 2.24) is 4.98 Å². The van der Waals surface area contributed by atoms with Crippen molar-refractivity contribution in [3.8, 4) is 5.75 Å². The van der Waals surface area contributed by atoms with Crippen molar-refractivity contribution in [2.24, 2.45) is 0 Å². The summed E-state index contributed by atoms with van der Waals surface area (Å²) in [6.45, 7) is 0. The van der Waals surface area contributed by atoms with Gasteiger partial charge in [0.15, 0.2) is 5.69 Å². The third-order valence-corrected chi connectivity index (χ3v) is 2.44. The number of hydrogen-bond acceptors (Lipinski definition) is 4. The lowest BCUT2D eigenvalue weighted by atomic mass is 10.2. The van der Waals surface area contributed by atoms with Crippen LogP contribution in [0, 0.1) is 0 Å². The zero-order valence-electron chi connectivity index (χ0n) is 8.21. The topological polar surface area (TPSA) is 59.4 Å². The lowest BCUT2D eigenvalue weighted by Gasteiger charge is -2.08. The fourth-order valence-electron chi connectivity index (χ4n) is 1.09. The Morgan fingerprint density at radius 1 is 1.69 bits per heavy atom. The van der Waals surface area contributed by atoms with E-state index >= 15 is 0 Å². The Kier molecular flexibility index (Phi) is 4.17. The number of esters is 1. The van der Waals surface area contributed by atoms with Gasteiger partial charge in [-0.3, -0.25) is 0 Å². The van der Waals surface area contributed by atoms with Crippen LogP contribution in [0.25, 0.3) is 0 Å². The molecule has 4 nitrogen and oxygen atoms in total. The second kappa shape index (κ2) is 5.20. The maximum absolute atomic E-state index is 12.4. The Labute approximate surface area is 98.4 Å². The quantitative estimate of drug-likeness (QED) is 0.687. The van der Waals surface area contributed by atoms with Crippen LogP contribution in [0.5, 0.6) is 5.75 Å². The van der Waals surface area contributed by atoms with Crippen LogP contribution in [0.4, 0.5) is 8.78 Å². The first-order valence-corrected chi connectivity index (χ1v) is 5.28. The highest BCUT2D eigenvalue weighted by Gasteiger charge is 2.21. The van der Waals surface area contributed by atoms with Crippen molar-refractivity contribution in [3.05, 3.63) is 23.0 Å². The number of alkyl halides is 3. The number of carbonyl (C=O) groups is 1. The molecule has 0 unspecified atom stereocenters. The number of ether oxygens (including phenoxy) is 1. The maximum atomic E-state index is 12.4. The minimum atomic E-state index is -2.95. The van der Waals surface area contributed by atoms with E-state index in [0.29, 0.717) is 0 Å². The second-order valence-corrected chi connectivity index (χ2v) is 3.39. The molecular formula is C9H8BrF2NO3. The molecule has 7 heteroatoms. The first kappa shape index (κ1) is 12.8. The van der Waals surface area contributed by atoms with Crippen LogP contribution in [0.1, 0.15) is 28.2 Å². The monoisotopic (exact) mass is 295 g/mol. The normalized spacial score (nSPS) is 10.6. The van der Waals surface area contributed by atoms with Crippen molar-refractivity contribution in [1.29, 1.82) is 0 Å². The van der Waals surface area contributed by atoms with Gasteiger partial charge in [-0.25, -0.2) is 18.6 Å². The van der Waals surface area contributed by atoms with E-state index in [1.807, 2.05) is 0 Å². The largest absolute Gasteiger partial charge is 0.506 e. The highest BCUT2D eigenvalue weighted by atomic mass is 79.9. The van der Waals surface area contributed by atoms with Crippen molar-refractivity contribution >= 4 is 21.9 Å². The van der Waals surface area contributed by atoms with E-state index < -0.39 is 23.8 Å². The molecule has 1 aromatic rings. The molecule has 0 radical (unpaired) electrons. The van der Waals surface area contributed by atoms with Crippen molar-refractivity contribution in [2.75, 3.05) is 7.11 Å². The number of halogens is 3. The second-order valence-electron chi connectivity index (χ2n) is 2.83. The molecule has 0 bridgehead atoms. The number of aromatic hydroxyl groups is 1. The summed E-state index contributed by atoms with van der Waals surface area (Å²) in [7, 11) is 1.12. The van der Waals surface area contributed by atoms with Gasteiger partial charge in [-0.1, -0.05) is 15.9 Å². The number of carbonyl (C=O) groups excluding carboxylic acids is 1. The number of methoxy groups -OCH3 is 1. The van der Waals surface area contributed by atoms with Crippen LogP contribution >= 0.6 is 15.9 Å². The summed E-state index contributed by atoms with van der Waals surface area (Å²) < 4.78 is 29.3. The van der Waals surface area contributed by atoms with Crippen molar-refractivity contribution in [3.63, 3.8) is 0 Å². The van der Waals surface area contributed by atoms with Crippen LogP contribution in [-0.4, -0.2) is 23.2 Å². The van der Waals surface area contributed by atoms with Gasteiger partial charge in [0.05, 0.1) is 7.11 Å². The van der Waals surface area contributed by atoms with Gasteiger partial charge in [-0.2, -0.15) is 0 Å². The molecule has 0 saturated heterocycles. The van der Waals surface area contributed by atoms with Crippen molar-refractivity contribution in [2.45, 2.75) is 11.8 Å². The Hall–Kier alpha value is -1.24. The van der Waals surface area contributed by atoms with Crippen LogP contribution in [-0.2, 0) is 10.1 Å². The first-order valence-electron chi connectivity index (χ1n) is 4.16. The summed E-state index contributed by atoms with van der Waals surface area (Å²) in [5.41, 5.74) is -0.772. The average molecular weight is 296 g/mol. The van der Waals surface area contributed by atoms with Crippen LogP contribution in [0.3, 0.4) is 0 Å². The van der Waals surface area contributed by atoms with Crippen molar-refractivity contribution < 1.29 is 23.4 Å². The molecule has 0 aromatic carbocycles. The number of rotatable bonds is 3. The van der Waals surface area contributed by atoms with Gasteiger partial charge in [-0.15, -0.1) is 0 Å². The molecule has 0 fully saturated rings. The lowest BCUT2D eigenvalue weighted by molar-refractivity contribution is 0.0591. The van der Waals surface area contributed by atoms with Gasteiger partial charge in [0, 0.05) is 5.33 Å². The molecule has 1 N–H and O–H groups in total. The fourth-order valence-corrected chi connectivity index (χ4v) is 1.52. The molecule has 0 aliphatic rings. The summed E-state index contributed by atoms with van der Waals surface area (Å²) in [6, 6.07) is 1.06. The smallest absolute Gasteiger partial charge is 0.356 e. The van der Waals surface area contributed by atoms with Crippen LogP contribution < -0.4 is 0 Å². The Morgan fingerprint density at radius 2 is 2.31 bits per heavy atom. The van der Waals surface area contributed by atoms with E-state index in [9.17, 15) is 18.7 Å². The van der Waals surface area contributed by atoms with Gasteiger partial charge >= 0.3 is 5.97 Å². The molecule has 1 heterocycles. The molecule has 1 rings (SSSR count). The highest BCUT2D eigenvalue weighted by molar-refractivity contribution is 9.08. The SMILES string of the molecule is COC(=O)c1nc(C(F)F)c(O)cc1CBr. The molecule has 1 aromatic heterocycles. The number of hydrogen-bond donors (Lipinski definition) is 1. The minimum Gasteiger partial charge on any atom is -0.506 e. The molecular weight excluding hydrogens is 288 g/mol. The predicted molar refractivity (Wildman–Crippen MR) is 54.8 cm³/mol.